The fourth-order valence-electron chi connectivity index (χ4n) is 0. The maximum atomic E-state index is 8.50. The minimum absolute atomic E-state index is 0.242. The van der Waals surface area contributed by atoms with E-state index in [-0.39, 0.29) is 5.25 Å². The number of hydrogen-bond donors (Lipinski definition) is 2. The zero-order valence-electron chi connectivity index (χ0n) is 4.26. The molecule has 0 saturated carbocycles. The highest BCUT2D eigenvalue weighted by Crippen LogP contribution is 2.48. The molecule has 46 valence electrons. The molecule has 0 heterocycles. The summed E-state index contributed by atoms with van der Waals surface area (Å²) in [6.45, 7) is 3.31. The SMILES string of the molecule is CC(C)S(O)(O)Cl. The molecule has 0 fully saturated rings. The highest BCUT2D eigenvalue weighted by atomic mass is 35.7. The van der Waals surface area contributed by atoms with E-state index in [0.717, 1.165) is 0 Å². The molecule has 2 N–H and O–H groups in total. The van der Waals surface area contributed by atoms with E-state index >= 15 is 0 Å². The van der Waals surface area contributed by atoms with Crippen molar-refractivity contribution in [2.75, 3.05) is 0 Å². The molecule has 0 rings (SSSR count). The molecular formula is C3H9ClO2S. The van der Waals surface area contributed by atoms with Gasteiger partial charge < -0.3 is 0 Å². The summed E-state index contributed by atoms with van der Waals surface area (Å²) in [6, 6.07) is 0. The van der Waals surface area contributed by atoms with Crippen LogP contribution < -0.4 is 0 Å². The Bertz CT molecular complexity index is 58.4. The Kier molecular flexibility index (Phi) is 2.40. The molecule has 0 radical (unpaired) electrons. The van der Waals surface area contributed by atoms with Gasteiger partial charge in [-0.05, 0) is 13.8 Å². The first-order chi connectivity index (χ1) is 2.94. The average Bonchev–Trinajstić information content (AvgIpc) is 1.31. The van der Waals surface area contributed by atoms with Gasteiger partial charge in [-0.3, -0.25) is 9.11 Å². The molecule has 0 amide bonds. The van der Waals surface area contributed by atoms with Crippen LogP contribution in [0.15, 0.2) is 0 Å². The van der Waals surface area contributed by atoms with Gasteiger partial charge in [-0.2, -0.15) is 0 Å². The molecule has 0 atom stereocenters. The van der Waals surface area contributed by atoms with Crippen molar-refractivity contribution < 1.29 is 9.11 Å². The van der Waals surface area contributed by atoms with Gasteiger partial charge in [0.1, 0.15) is 0 Å². The molecule has 0 aromatic rings. The first-order valence-electron chi connectivity index (χ1n) is 1.91. The molecule has 0 bridgehead atoms. The Balaban J connectivity index is 3.54. The van der Waals surface area contributed by atoms with Gasteiger partial charge in [0, 0.05) is 10.7 Å². The van der Waals surface area contributed by atoms with Crippen LogP contribution >= 0.6 is 20.5 Å². The second-order valence-electron chi connectivity index (χ2n) is 1.57. The lowest BCUT2D eigenvalue weighted by Gasteiger charge is -2.26. The maximum Gasteiger partial charge on any atom is 0.0589 e. The van der Waals surface area contributed by atoms with Crippen LogP contribution in [-0.4, -0.2) is 14.4 Å². The van der Waals surface area contributed by atoms with Crippen LogP contribution in [0.1, 0.15) is 13.8 Å². The number of halogens is 1. The maximum absolute atomic E-state index is 8.50. The van der Waals surface area contributed by atoms with E-state index in [0.29, 0.717) is 0 Å². The average molecular weight is 145 g/mol. The molecule has 0 aliphatic carbocycles. The third-order valence-corrected chi connectivity index (χ3v) is 2.87. The van der Waals surface area contributed by atoms with Gasteiger partial charge in [0.15, 0.2) is 0 Å². The fraction of sp³-hybridized carbons (Fsp3) is 1.00. The van der Waals surface area contributed by atoms with Crippen molar-refractivity contribution in [1.82, 2.24) is 0 Å². The molecule has 0 spiro atoms. The molecular weight excluding hydrogens is 136 g/mol. The third kappa shape index (κ3) is 3.17. The predicted molar refractivity (Wildman–Crippen MR) is 33.8 cm³/mol. The largest absolute Gasteiger partial charge is 0.285 e. The second kappa shape index (κ2) is 2.22. The lowest BCUT2D eigenvalue weighted by atomic mass is 10.6. The van der Waals surface area contributed by atoms with E-state index in [4.69, 9.17) is 19.8 Å². The molecule has 0 unspecified atom stereocenters. The summed E-state index contributed by atoms with van der Waals surface area (Å²) in [6.07, 6.45) is 0. The summed E-state index contributed by atoms with van der Waals surface area (Å²) in [4.78, 5) is 0. The van der Waals surface area contributed by atoms with E-state index in [1.165, 1.54) is 0 Å². The van der Waals surface area contributed by atoms with Crippen molar-refractivity contribution in [3.8, 4) is 0 Å². The van der Waals surface area contributed by atoms with Gasteiger partial charge in [0.25, 0.3) is 0 Å². The lowest BCUT2D eigenvalue weighted by molar-refractivity contribution is 0.497. The van der Waals surface area contributed by atoms with Crippen LogP contribution in [0.4, 0.5) is 0 Å². The van der Waals surface area contributed by atoms with E-state index in [1.807, 2.05) is 0 Å². The first kappa shape index (κ1) is 7.56. The summed E-state index contributed by atoms with van der Waals surface area (Å²) in [7, 11) is 2.29. The Hall–Kier alpha value is 0.560. The molecule has 0 saturated heterocycles. The molecule has 2 nitrogen and oxygen atoms in total. The molecule has 0 aromatic carbocycles. The van der Waals surface area contributed by atoms with Crippen molar-refractivity contribution in [2.24, 2.45) is 0 Å². The molecule has 4 heteroatoms. The minimum atomic E-state index is -2.77. The number of hydrogen-bond acceptors (Lipinski definition) is 2. The smallest absolute Gasteiger partial charge is 0.0589 e. The summed E-state index contributed by atoms with van der Waals surface area (Å²) in [5.74, 6) is 0. The third-order valence-electron chi connectivity index (χ3n) is 0.600. The van der Waals surface area contributed by atoms with Crippen molar-refractivity contribution in [2.45, 2.75) is 19.1 Å². The summed E-state index contributed by atoms with van der Waals surface area (Å²) >= 11 is 0. The van der Waals surface area contributed by atoms with Gasteiger partial charge in [-0.1, -0.05) is 0 Å². The highest BCUT2D eigenvalue weighted by molar-refractivity contribution is 8.43. The van der Waals surface area contributed by atoms with Gasteiger partial charge in [-0.25, -0.2) is 0 Å². The van der Waals surface area contributed by atoms with Gasteiger partial charge >= 0.3 is 0 Å². The van der Waals surface area contributed by atoms with Crippen molar-refractivity contribution >= 4 is 20.5 Å². The second-order valence-corrected chi connectivity index (χ2v) is 4.91. The number of rotatable bonds is 1. The summed E-state index contributed by atoms with van der Waals surface area (Å²) < 4.78 is 17.0. The van der Waals surface area contributed by atoms with Gasteiger partial charge in [0.05, 0.1) is 5.25 Å². The molecule has 0 aliphatic heterocycles. The summed E-state index contributed by atoms with van der Waals surface area (Å²) in [5.41, 5.74) is 0. The quantitative estimate of drug-likeness (QED) is 0.593. The normalized spacial score (nSPS) is 15.1. The van der Waals surface area contributed by atoms with Crippen molar-refractivity contribution in [1.29, 1.82) is 0 Å². The lowest BCUT2D eigenvalue weighted by Crippen LogP contribution is -2.01. The van der Waals surface area contributed by atoms with Crippen LogP contribution in [0, 0.1) is 0 Å². The molecule has 7 heavy (non-hydrogen) atoms. The highest BCUT2D eigenvalue weighted by Gasteiger charge is 2.11. The van der Waals surface area contributed by atoms with E-state index in [2.05, 4.69) is 0 Å². The predicted octanol–water partition coefficient (Wildman–Crippen LogP) is 2.30. The van der Waals surface area contributed by atoms with E-state index in [1.54, 1.807) is 13.8 Å². The van der Waals surface area contributed by atoms with Crippen LogP contribution in [0.2, 0.25) is 0 Å². The summed E-state index contributed by atoms with van der Waals surface area (Å²) in [5, 5.41) is -0.242. The van der Waals surface area contributed by atoms with Crippen LogP contribution in [-0.2, 0) is 0 Å². The molecule has 0 aromatic heterocycles. The minimum Gasteiger partial charge on any atom is -0.285 e. The molecule has 0 aliphatic rings. The van der Waals surface area contributed by atoms with Gasteiger partial charge in [-0.15, -0.1) is 9.80 Å². The zero-order chi connectivity index (χ0) is 6.08. The Morgan fingerprint density at radius 1 is 1.43 bits per heavy atom. The van der Waals surface area contributed by atoms with Crippen molar-refractivity contribution in [3.05, 3.63) is 0 Å². The first-order valence-corrected chi connectivity index (χ1v) is 4.35. The van der Waals surface area contributed by atoms with Crippen LogP contribution in [0.5, 0.6) is 0 Å². The Morgan fingerprint density at radius 3 is 1.57 bits per heavy atom. The van der Waals surface area contributed by atoms with Crippen LogP contribution in [0.25, 0.3) is 0 Å². The van der Waals surface area contributed by atoms with Gasteiger partial charge in [0.2, 0.25) is 0 Å². The Morgan fingerprint density at radius 2 is 1.57 bits per heavy atom. The fourth-order valence-corrected chi connectivity index (χ4v) is 0. The van der Waals surface area contributed by atoms with E-state index in [9.17, 15) is 0 Å². The van der Waals surface area contributed by atoms with Crippen molar-refractivity contribution in [3.63, 3.8) is 0 Å². The standard InChI is InChI=1S/C3H9ClO2S/c1-3(2)7(4,5)6/h3,5-6H,1-2H3. The monoisotopic (exact) mass is 144 g/mol. The topological polar surface area (TPSA) is 40.5 Å². The Labute approximate surface area is 49.3 Å². The zero-order valence-corrected chi connectivity index (χ0v) is 5.83. The van der Waals surface area contributed by atoms with E-state index < -0.39 is 9.80 Å². The van der Waals surface area contributed by atoms with Crippen LogP contribution in [0.3, 0.4) is 0 Å².